The van der Waals surface area contributed by atoms with Crippen molar-refractivity contribution < 1.29 is 14.3 Å². The van der Waals surface area contributed by atoms with Crippen molar-refractivity contribution in [2.45, 2.75) is 6.10 Å². The van der Waals surface area contributed by atoms with E-state index in [1.165, 1.54) is 0 Å². The third-order valence-corrected chi connectivity index (χ3v) is 3.20. The molecule has 1 aromatic carbocycles. The van der Waals surface area contributed by atoms with Crippen LogP contribution in [-0.2, 0) is 4.74 Å². The topological polar surface area (TPSA) is 50.8 Å². The number of benzene rings is 1. The molecule has 1 heterocycles. The van der Waals surface area contributed by atoms with Gasteiger partial charge in [0.2, 0.25) is 0 Å². The predicted octanol–water partition coefficient (Wildman–Crippen LogP) is 0.756. The van der Waals surface area contributed by atoms with E-state index in [0.717, 1.165) is 6.54 Å². The molecule has 0 aromatic heterocycles. The zero-order valence-corrected chi connectivity index (χ0v) is 11.4. The number of methoxy groups -OCH3 is 1. The molecule has 1 unspecified atom stereocenters. The number of rotatable bonds is 4. The van der Waals surface area contributed by atoms with Crippen molar-refractivity contribution in [2.24, 2.45) is 0 Å². The second kappa shape index (κ2) is 6.54. The number of hydrogen-bond acceptors (Lipinski definition) is 4. The lowest BCUT2D eigenvalue weighted by atomic mass is 10.1. The van der Waals surface area contributed by atoms with Crippen LogP contribution in [0.25, 0.3) is 0 Å². The summed E-state index contributed by atoms with van der Waals surface area (Å²) >= 11 is 0. The molecule has 5 nitrogen and oxygen atoms in total. The van der Waals surface area contributed by atoms with Crippen molar-refractivity contribution in [3.63, 3.8) is 0 Å². The van der Waals surface area contributed by atoms with Crippen molar-refractivity contribution >= 4 is 5.91 Å². The zero-order valence-electron chi connectivity index (χ0n) is 11.4. The minimum Gasteiger partial charge on any atom is -0.496 e. The predicted molar refractivity (Wildman–Crippen MR) is 72.6 cm³/mol. The monoisotopic (exact) mass is 264 g/mol. The third-order valence-electron chi connectivity index (χ3n) is 3.20. The molecule has 5 heteroatoms. The number of carbonyl (C=O) groups excluding carboxylic acids is 1. The van der Waals surface area contributed by atoms with Crippen molar-refractivity contribution in [1.82, 2.24) is 10.2 Å². The van der Waals surface area contributed by atoms with Gasteiger partial charge in [0.15, 0.2) is 0 Å². The smallest absolute Gasteiger partial charge is 0.257 e. The van der Waals surface area contributed by atoms with Gasteiger partial charge in [-0.25, -0.2) is 0 Å². The highest BCUT2D eigenvalue weighted by molar-refractivity contribution is 5.97. The summed E-state index contributed by atoms with van der Waals surface area (Å²) in [6.45, 7) is 2.55. The van der Waals surface area contributed by atoms with Gasteiger partial charge in [0.1, 0.15) is 5.75 Å². The maximum atomic E-state index is 12.5. The van der Waals surface area contributed by atoms with Gasteiger partial charge < -0.3 is 19.7 Å². The molecule has 19 heavy (non-hydrogen) atoms. The Morgan fingerprint density at radius 3 is 3.05 bits per heavy atom. The number of carbonyl (C=O) groups is 1. The van der Waals surface area contributed by atoms with Gasteiger partial charge in [0.25, 0.3) is 5.91 Å². The number of amides is 1. The Morgan fingerprint density at radius 2 is 2.32 bits per heavy atom. The maximum absolute atomic E-state index is 12.5. The van der Waals surface area contributed by atoms with Gasteiger partial charge in [0.05, 0.1) is 25.4 Å². The van der Waals surface area contributed by atoms with Crippen LogP contribution in [0.15, 0.2) is 24.3 Å². The molecule has 0 bridgehead atoms. The van der Waals surface area contributed by atoms with E-state index < -0.39 is 0 Å². The van der Waals surface area contributed by atoms with Gasteiger partial charge in [-0.2, -0.15) is 0 Å². The van der Waals surface area contributed by atoms with Crippen molar-refractivity contribution in [1.29, 1.82) is 0 Å². The zero-order chi connectivity index (χ0) is 13.7. The highest BCUT2D eigenvalue weighted by atomic mass is 16.5. The van der Waals surface area contributed by atoms with Crippen molar-refractivity contribution in [3.8, 4) is 5.75 Å². The molecule has 1 amide bonds. The van der Waals surface area contributed by atoms with Gasteiger partial charge in [-0.1, -0.05) is 12.1 Å². The molecule has 0 aliphatic carbocycles. The van der Waals surface area contributed by atoms with Crippen LogP contribution in [0.4, 0.5) is 0 Å². The van der Waals surface area contributed by atoms with Gasteiger partial charge in [-0.15, -0.1) is 0 Å². The number of likely N-dealkylation sites (N-methyl/N-ethyl adjacent to an activating group) is 1. The molecular formula is C14H20N2O3. The van der Waals surface area contributed by atoms with E-state index in [0.29, 0.717) is 31.0 Å². The molecule has 0 spiro atoms. The lowest BCUT2D eigenvalue weighted by molar-refractivity contribution is -0.0197. The van der Waals surface area contributed by atoms with Crippen LogP contribution in [0.1, 0.15) is 10.4 Å². The Hall–Kier alpha value is -1.59. The van der Waals surface area contributed by atoms with Gasteiger partial charge in [-0.05, 0) is 19.2 Å². The van der Waals surface area contributed by atoms with Crippen LogP contribution in [0.3, 0.4) is 0 Å². The van der Waals surface area contributed by atoms with Crippen LogP contribution in [0, 0.1) is 0 Å². The largest absolute Gasteiger partial charge is 0.496 e. The summed E-state index contributed by atoms with van der Waals surface area (Å²) in [5, 5.41) is 3.07. The third kappa shape index (κ3) is 3.24. The lowest BCUT2D eigenvalue weighted by Crippen LogP contribution is -2.48. The summed E-state index contributed by atoms with van der Waals surface area (Å²) in [6, 6.07) is 7.31. The molecule has 1 aromatic rings. The summed E-state index contributed by atoms with van der Waals surface area (Å²) < 4.78 is 10.8. The first-order valence-electron chi connectivity index (χ1n) is 6.44. The van der Waals surface area contributed by atoms with Crippen LogP contribution < -0.4 is 10.1 Å². The molecule has 0 saturated carbocycles. The molecule has 1 aliphatic heterocycles. The van der Waals surface area contributed by atoms with Crippen molar-refractivity contribution in [3.05, 3.63) is 29.8 Å². The summed E-state index contributed by atoms with van der Waals surface area (Å²) in [7, 11) is 3.46. The number of nitrogens with one attached hydrogen (secondary N) is 1. The van der Waals surface area contributed by atoms with Gasteiger partial charge in [-0.3, -0.25) is 4.79 Å². The quantitative estimate of drug-likeness (QED) is 0.872. The SMILES string of the molecule is CNCC1CN(C(=O)c2ccccc2OC)CCO1. The van der Waals surface area contributed by atoms with Crippen molar-refractivity contribution in [2.75, 3.05) is 40.4 Å². The first-order chi connectivity index (χ1) is 9.26. The normalized spacial score (nSPS) is 19.3. The number of hydrogen-bond donors (Lipinski definition) is 1. The summed E-state index contributed by atoms with van der Waals surface area (Å²) in [4.78, 5) is 14.3. The Labute approximate surface area is 113 Å². The summed E-state index contributed by atoms with van der Waals surface area (Å²) in [6.07, 6.45) is 0.0532. The molecule has 1 N–H and O–H groups in total. The Balaban J connectivity index is 2.10. The van der Waals surface area contributed by atoms with E-state index in [-0.39, 0.29) is 12.0 Å². The van der Waals surface area contributed by atoms with E-state index in [2.05, 4.69) is 5.32 Å². The molecule has 1 aliphatic rings. The number of nitrogens with zero attached hydrogens (tertiary/aromatic N) is 1. The average Bonchev–Trinajstić information content (AvgIpc) is 2.47. The minimum atomic E-state index is 0.00172. The Bertz CT molecular complexity index is 434. The van der Waals surface area contributed by atoms with E-state index in [9.17, 15) is 4.79 Å². The fraction of sp³-hybridized carbons (Fsp3) is 0.500. The fourth-order valence-corrected chi connectivity index (χ4v) is 2.25. The number of ether oxygens (including phenoxy) is 2. The summed E-state index contributed by atoms with van der Waals surface area (Å²) in [5.74, 6) is 0.617. The average molecular weight is 264 g/mol. The van der Waals surface area contributed by atoms with E-state index in [1.807, 2.05) is 24.1 Å². The maximum Gasteiger partial charge on any atom is 0.257 e. The number of para-hydroxylation sites is 1. The summed E-state index contributed by atoms with van der Waals surface area (Å²) in [5.41, 5.74) is 0.607. The molecular weight excluding hydrogens is 244 g/mol. The van der Waals surface area contributed by atoms with E-state index in [4.69, 9.17) is 9.47 Å². The Kier molecular flexibility index (Phi) is 4.76. The van der Waals surface area contributed by atoms with Gasteiger partial charge in [0, 0.05) is 19.6 Å². The van der Waals surface area contributed by atoms with Gasteiger partial charge >= 0.3 is 0 Å². The van der Waals surface area contributed by atoms with Crippen LogP contribution in [0.5, 0.6) is 5.75 Å². The minimum absolute atomic E-state index is 0.00172. The fourth-order valence-electron chi connectivity index (χ4n) is 2.25. The standard InChI is InChI=1S/C14H20N2O3/c1-15-9-11-10-16(7-8-19-11)14(17)12-5-3-4-6-13(12)18-2/h3-6,11,15H,7-10H2,1-2H3. The second-order valence-electron chi connectivity index (χ2n) is 4.50. The Morgan fingerprint density at radius 1 is 1.53 bits per heavy atom. The highest BCUT2D eigenvalue weighted by Gasteiger charge is 2.26. The molecule has 1 saturated heterocycles. The number of morpholine rings is 1. The molecule has 1 fully saturated rings. The van der Waals surface area contributed by atoms with Crippen LogP contribution in [0.2, 0.25) is 0 Å². The van der Waals surface area contributed by atoms with Crippen LogP contribution in [-0.4, -0.2) is 57.3 Å². The molecule has 1 atom stereocenters. The molecule has 2 rings (SSSR count). The van der Waals surface area contributed by atoms with Crippen LogP contribution >= 0.6 is 0 Å². The lowest BCUT2D eigenvalue weighted by Gasteiger charge is -2.33. The van der Waals surface area contributed by atoms with E-state index in [1.54, 1.807) is 19.2 Å². The molecule has 104 valence electrons. The highest BCUT2D eigenvalue weighted by Crippen LogP contribution is 2.20. The molecule has 0 radical (unpaired) electrons. The van der Waals surface area contributed by atoms with E-state index >= 15 is 0 Å². The first-order valence-corrected chi connectivity index (χ1v) is 6.44. The first kappa shape index (κ1) is 13.8. The second-order valence-corrected chi connectivity index (χ2v) is 4.50.